The molecule has 1 N–H and O–H groups in total. The molecule has 0 fully saturated rings. The maximum atomic E-state index is 12.9. The van der Waals surface area contributed by atoms with Crippen LogP contribution in [0.1, 0.15) is 44.2 Å². The summed E-state index contributed by atoms with van der Waals surface area (Å²) in [7, 11) is 0. The molecule has 1 unspecified atom stereocenters. The van der Waals surface area contributed by atoms with Gasteiger partial charge in [-0.25, -0.2) is 0 Å². The standard InChI is InChI=1S/C21H26O4S/c1-3-5-6-16-7-9-19(10-8-16)26(24)20-13-17(14-21(22)23)12-18(15-20)25-11-4-2/h7-10,12-13,15H,3-6,11,14H2,1-2H3,(H,22,23). The molecule has 0 spiro atoms. The molecule has 2 aromatic rings. The molecule has 0 radical (unpaired) electrons. The van der Waals surface area contributed by atoms with Gasteiger partial charge < -0.3 is 14.4 Å². The Morgan fingerprint density at radius 2 is 1.77 bits per heavy atom. The zero-order valence-electron chi connectivity index (χ0n) is 15.4. The van der Waals surface area contributed by atoms with E-state index in [1.165, 1.54) is 5.56 Å². The number of benzene rings is 2. The molecule has 4 nitrogen and oxygen atoms in total. The highest BCUT2D eigenvalue weighted by Gasteiger charge is 2.18. The predicted molar refractivity (Wildman–Crippen MR) is 103 cm³/mol. The van der Waals surface area contributed by atoms with Crippen molar-refractivity contribution in [2.24, 2.45) is 0 Å². The molecule has 0 amide bonds. The van der Waals surface area contributed by atoms with Crippen molar-refractivity contribution in [3.05, 3.63) is 53.6 Å². The SMILES string of the molecule is CCCCc1ccc([S+]([O-])c2cc(CC(=O)O)cc(OCCC)c2)cc1. The summed E-state index contributed by atoms with van der Waals surface area (Å²) in [6.07, 6.45) is 4.03. The van der Waals surface area contributed by atoms with Crippen LogP contribution in [0.15, 0.2) is 52.3 Å². The van der Waals surface area contributed by atoms with Crippen LogP contribution in [-0.4, -0.2) is 22.2 Å². The third kappa shape index (κ3) is 6.07. The summed E-state index contributed by atoms with van der Waals surface area (Å²) in [6.45, 7) is 4.70. The molecule has 26 heavy (non-hydrogen) atoms. The van der Waals surface area contributed by atoms with Gasteiger partial charge >= 0.3 is 5.97 Å². The van der Waals surface area contributed by atoms with E-state index < -0.39 is 17.1 Å². The number of carboxylic acids is 1. The molecule has 0 aromatic heterocycles. The van der Waals surface area contributed by atoms with Crippen LogP contribution >= 0.6 is 0 Å². The minimum absolute atomic E-state index is 0.122. The lowest BCUT2D eigenvalue weighted by Gasteiger charge is -2.14. The van der Waals surface area contributed by atoms with E-state index in [9.17, 15) is 9.35 Å². The van der Waals surface area contributed by atoms with E-state index in [0.29, 0.717) is 27.7 Å². The van der Waals surface area contributed by atoms with E-state index in [1.54, 1.807) is 18.2 Å². The van der Waals surface area contributed by atoms with E-state index in [-0.39, 0.29) is 6.42 Å². The lowest BCUT2D eigenvalue weighted by Crippen LogP contribution is -2.07. The summed E-state index contributed by atoms with van der Waals surface area (Å²) in [4.78, 5) is 12.3. The summed E-state index contributed by atoms with van der Waals surface area (Å²) < 4.78 is 18.6. The van der Waals surface area contributed by atoms with Crippen LogP contribution in [0.5, 0.6) is 5.75 Å². The van der Waals surface area contributed by atoms with Crippen LogP contribution in [0.2, 0.25) is 0 Å². The minimum atomic E-state index is -1.37. The summed E-state index contributed by atoms with van der Waals surface area (Å²) >= 11 is -1.37. The molecule has 0 aliphatic carbocycles. The second-order valence-electron chi connectivity index (χ2n) is 6.25. The van der Waals surface area contributed by atoms with E-state index in [0.717, 1.165) is 25.7 Å². The van der Waals surface area contributed by atoms with Gasteiger partial charge in [-0.3, -0.25) is 4.79 Å². The molecule has 140 valence electrons. The first-order chi connectivity index (χ1) is 12.5. The maximum Gasteiger partial charge on any atom is 0.307 e. The van der Waals surface area contributed by atoms with Crippen LogP contribution in [0, 0.1) is 0 Å². The molecule has 0 bridgehead atoms. The highest BCUT2D eigenvalue weighted by atomic mass is 32.2. The summed E-state index contributed by atoms with van der Waals surface area (Å²) in [6, 6.07) is 12.9. The summed E-state index contributed by atoms with van der Waals surface area (Å²) in [5.41, 5.74) is 1.83. The lowest BCUT2D eigenvalue weighted by molar-refractivity contribution is -0.136. The summed E-state index contributed by atoms with van der Waals surface area (Å²) in [5.74, 6) is -0.358. The third-order valence-electron chi connectivity index (χ3n) is 3.94. The van der Waals surface area contributed by atoms with Gasteiger partial charge in [0.1, 0.15) is 5.75 Å². The van der Waals surface area contributed by atoms with Crippen molar-refractivity contribution in [3.63, 3.8) is 0 Å². The van der Waals surface area contributed by atoms with E-state index in [2.05, 4.69) is 6.92 Å². The van der Waals surface area contributed by atoms with Crippen molar-refractivity contribution >= 4 is 17.1 Å². The Balaban J connectivity index is 2.24. The number of hydrogen-bond acceptors (Lipinski definition) is 3. The van der Waals surface area contributed by atoms with Gasteiger partial charge in [0.05, 0.1) is 13.0 Å². The largest absolute Gasteiger partial charge is 0.606 e. The Bertz CT molecular complexity index is 712. The van der Waals surface area contributed by atoms with Gasteiger partial charge in [0.2, 0.25) is 0 Å². The van der Waals surface area contributed by atoms with Crippen molar-refractivity contribution in [3.8, 4) is 5.75 Å². The monoisotopic (exact) mass is 374 g/mol. The Labute approximate surface area is 158 Å². The Morgan fingerprint density at radius 1 is 1.04 bits per heavy atom. The smallest absolute Gasteiger partial charge is 0.307 e. The van der Waals surface area contributed by atoms with E-state index in [4.69, 9.17) is 9.84 Å². The number of rotatable bonds is 10. The zero-order valence-corrected chi connectivity index (χ0v) is 16.2. The molecule has 0 aliphatic heterocycles. The molecular formula is C21H26O4S. The number of carbonyl (C=O) groups is 1. The fraction of sp³-hybridized carbons (Fsp3) is 0.381. The number of hydrogen-bond donors (Lipinski definition) is 1. The first kappa shape index (κ1) is 20.3. The molecule has 5 heteroatoms. The van der Waals surface area contributed by atoms with Crippen molar-refractivity contribution < 1.29 is 19.2 Å². The second-order valence-corrected chi connectivity index (χ2v) is 7.73. The van der Waals surface area contributed by atoms with Gasteiger partial charge in [0, 0.05) is 17.2 Å². The van der Waals surface area contributed by atoms with Crippen molar-refractivity contribution in [2.75, 3.05) is 6.61 Å². The molecule has 0 saturated heterocycles. The number of aryl methyl sites for hydroxylation is 1. The second kappa shape index (κ2) is 10.2. The Morgan fingerprint density at radius 3 is 2.38 bits per heavy atom. The highest BCUT2D eigenvalue weighted by Crippen LogP contribution is 2.27. The van der Waals surface area contributed by atoms with Crippen LogP contribution in [0.4, 0.5) is 0 Å². The van der Waals surface area contributed by atoms with Crippen molar-refractivity contribution in [1.82, 2.24) is 0 Å². The van der Waals surface area contributed by atoms with Crippen LogP contribution in [0.25, 0.3) is 0 Å². The molecule has 0 heterocycles. The fourth-order valence-electron chi connectivity index (χ4n) is 2.61. The van der Waals surface area contributed by atoms with Crippen molar-refractivity contribution in [2.45, 2.75) is 55.7 Å². The topological polar surface area (TPSA) is 69.6 Å². The molecular weight excluding hydrogens is 348 g/mol. The van der Waals surface area contributed by atoms with Gasteiger partial charge in [-0.2, -0.15) is 0 Å². The van der Waals surface area contributed by atoms with Crippen LogP contribution < -0.4 is 4.74 Å². The maximum absolute atomic E-state index is 12.9. The quantitative estimate of drug-likeness (QED) is 0.617. The normalized spacial score (nSPS) is 12.0. The van der Waals surface area contributed by atoms with Crippen LogP contribution in [0.3, 0.4) is 0 Å². The number of aliphatic carboxylic acids is 1. The number of ether oxygens (including phenoxy) is 1. The van der Waals surface area contributed by atoms with Crippen molar-refractivity contribution in [1.29, 1.82) is 0 Å². The highest BCUT2D eigenvalue weighted by molar-refractivity contribution is 7.91. The van der Waals surface area contributed by atoms with Gasteiger partial charge in [-0.1, -0.05) is 32.4 Å². The molecule has 0 saturated carbocycles. The van der Waals surface area contributed by atoms with Gasteiger partial charge in [-0.15, -0.1) is 0 Å². The number of carboxylic acid groups (broad SMARTS) is 1. The van der Waals surface area contributed by atoms with E-state index in [1.807, 2.05) is 31.2 Å². The molecule has 1 atom stereocenters. The third-order valence-corrected chi connectivity index (χ3v) is 5.30. The number of unbranched alkanes of at least 4 members (excludes halogenated alkanes) is 1. The molecule has 0 aliphatic rings. The fourth-order valence-corrected chi connectivity index (χ4v) is 3.75. The van der Waals surface area contributed by atoms with Gasteiger partial charge in [0.25, 0.3) is 0 Å². The average Bonchev–Trinajstić information content (AvgIpc) is 2.63. The average molecular weight is 375 g/mol. The lowest BCUT2D eigenvalue weighted by atomic mass is 10.1. The van der Waals surface area contributed by atoms with Gasteiger partial charge in [0.15, 0.2) is 9.79 Å². The van der Waals surface area contributed by atoms with Gasteiger partial charge in [-0.05, 0) is 54.7 Å². The molecule has 2 rings (SSSR count). The Hall–Kier alpha value is -1.98. The zero-order chi connectivity index (χ0) is 18.9. The Kier molecular flexibility index (Phi) is 8.01. The summed E-state index contributed by atoms with van der Waals surface area (Å²) in [5, 5.41) is 9.07. The van der Waals surface area contributed by atoms with Crippen LogP contribution in [-0.2, 0) is 28.8 Å². The van der Waals surface area contributed by atoms with E-state index >= 15 is 0 Å². The minimum Gasteiger partial charge on any atom is -0.606 e. The molecule has 2 aromatic carbocycles. The predicted octanol–water partition coefficient (Wildman–Crippen LogP) is 4.61. The first-order valence-corrected chi connectivity index (χ1v) is 10.2. The first-order valence-electron chi connectivity index (χ1n) is 9.02.